The van der Waals surface area contributed by atoms with Gasteiger partial charge in [-0.15, -0.1) is 22.9 Å². The fourth-order valence-electron chi connectivity index (χ4n) is 2.26. The Morgan fingerprint density at radius 3 is 2.74 bits per heavy atom. The summed E-state index contributed by atoms with van der Waals surface area (Å²) in [6.45, 7) is 4.37. The van der Waals surface area contributed by atoms with Gasteiger partial charge in [0.15, 0.2) is 0 Å². The van der Waals surface area contributed by atoms with E-state index in [0.717, 1.165) is 6.42 Å². The lowest BCUT2D eigenvalue weighted by Gasteiger charge is -2.28. The van der Waals surface area contributed by atoms with Gasteiger partial charge in [0.05, 0.1) is 0 Å². The lowest BCUT2D eigenvalue weighted by atomic mass is 10.1. The predicted octanol–water partition coefficient (Wildman–Crippen LogP) is 4.86. The van der Waals surface area contributed by atoms with Crippen LogP contribution in [0.25, 0.3) is 0 Å². The fraction of sp³-hybridized carbons (Fsp3) is 0.375. The lowest BCUT2D eigenvalue weighted by molar-refractivity contribution is 0.686. The highest BCUT2D eigenvalue weighted by atomic mass is 35.5. The number of likely N-dealkylation sites (N-methyl/N-ethyl adjacent to an activating group) is 1. The summed E-state index contributed by atoms with van der Waals surface area (Å²) >= 11 is 7.89. The van der Waals surface area contributed by atoms with E-state index in [0.29, 0.717) is 11.9 Å². The van der Waals surface area contributed by atoms with E-state index in [2.05, 4.69) is 61.5 Å². The highest BCUT2D eigenvalue weighted by Crippen LogP contribution is 2.25. The summed E-state index contributed by atoms with van der Waals surface area (Å²) < 4.78 is 0. The average molecular weight is 294 g/mol. The minimum absolute atomic E-state index is 0.461. The standard InChI is InChI=1S/C16H20ClNS/c1-12-6-7-16(14(9-12)11-17)18(3)13(2)10-15-5-4-8-19-15/h4-9,13H,10-11H2,1-3H3. The zero-order valence-electron chi connectivity index (χ0n) is 11.7. The van der Waals surface area contributed by atoms with Gasteiger partial charge in [-0.2, -0.15) is 0 Å². The molecule has 0 fully saturated rings. The van der Waals surface area contributed by atoms with Crippen molar-refractivity contribution in [1.82, 2.24) is 0 Å². The van der Waals surface area contributed by atoms with Crippen molar-refractivity contribution >= 4 is 28.6 Å². The summed E-state index contributed by atoms with van der Waals surface area (Å²) in [7, 11) is 2.15. The van der Waals surface area contributed by atoms with E-state index in [4.69, 9.17) is 11.6 Å². The van der Waals surface area contributed by atoms with E-state index in [1.54, 1.807) is 0 Å². The van der Waals surface area contributed by atoms with E-state index < -0.39 is 0 Å². The number of nitrogens with zero attached hydrogens (tertiary/aromatic N) is 1. The minimum atomic E-state index is 0.461. The highest BCUT2D eigenvalue weighted by Gasteiger charge is 2.14. The molecule has 0 aliphatic carbocycles. The first-order chi connectivity index (χ1) is 9.11. The predicted molar refractivity (Wildman–Crippen MR) is 86.6 cm³/mol. The number of hydrogen-bond donors (Lipinski definition) is 0. The topological polar surface area (TPSA) is 3.24 Å². The van der Waals surface area contributed by atoms with Gasteiger partial charge in [0.1, 0.15) is 0 Å². The van der Waals surface area contributed by atoms with Gasteiger partial charge in [0.2, 0.25) is 0 Å². The van der Waals surface area contributed by atoms with Crippen molar-refractivity contribution in [2.24, 2.45) is 0 Å². The van der Waals surface area contributed by atoms with Crippen molar-refractivity contribution in [3.63, 3.8) is 0 Å². The van der Waals surface area contributed by atoms with Crippen LogP contribution in [0.1, 0.15) is 22.9 Å². The lowest BCUT2D eigenvalue weighted by Crippen LogP contribution is -2.31. The number of thiophene rings is 1. The van der Waals surface area contributed by atoms with Crippen LogP contribution in [0, 0.1) is 6.92 Å². The number of aryl methyl sites for hydroxylation is 1. The molecule has 0 spiro atoms. The molecule has 0 saturated heterocycles. The molecule has 2 rings (SSSR count). The third-order valence-electron chi connectivity index (χ3n) is 3.50. The maximum absolute atomic E-state index is 6.07. The van der Waals surface area contributed by atoms with Gasteiger partial charge < -0.3 is 4.90 Å². The average Bonchev–Trinajstić information content (AvgIpc) is 2.90. The number of alkyl halides is 1. The van der Waals surface area contributed by atoms with Gasteiger partial charge in [0, 0.05) is 36.0 Å². The van der Waals surface area contributed by atoms with Crippen molar-refractivity contribution in [1.29, 1.82) is 0 Å². The van der Waals surface area contributed by atoms with Crippen LogP contribution in [-0.4, -0.2) is 13.1 Å². The number of hydrogen-bond acceptors (Lipinski definition) is 2. The second-order valence-electron chi connectivity index (χ2n) is 5.01. The molecule has 0 radical (unpaired) electrons. The van der Waals surface area contributed by atoms with E-state index in [1.807, 2.05) is 11.3 Å². The Kier molecular flexibility index (Phi) is 4.89. The number of benzene rings is 1. The second-order valence-corrected chi connectivity index (χ2v) is 6.31. The molecule has 1 atom stereocenters. The van der Waals surface area contributed by atoms with Gasteiger partial charge >= 0.3 is 0 Å². The number of halogens is 1. The molecule has 3 heteroatoms. The SMILES string of the molecule is Cc1ccc(N(C)C(C)Cc2cccs2)c(CCl)c1. The van der Waals surface area contributed by atoms with Gasteiger partial charge in [-0.25, -0.2) is 0 Å². The van der Waals surface area contributed by atoms with Crippen molar-refractivity contribution in [2.75, 3.05) is 11.9 Å². The van der Waals surface area contributed by atoms with Crippen LogP contribution in [0.15, 0.2) is 35.7 Å². The first-order valence-corrected chi connectivity index (χ1v) is 7.94. The fourth-order valence-corrected chi connectivity index (χ4v) is 3.30. The Hall–Kier alpha value is -0.990. The molecule has 102 valence electrons. The molecule has 1 unspecified atom stereocenters. The monoisotopic (exact) mass is 293 g/mol. The van der Waals surface area contributed by atoms with Crippen LogP contribution >= 0.6 is 22.9 Å². The van der Waals surface area contributed by atoms with Gasteiger partial charge in [-0.3, -0.25) is 0 Å². The third kappa shape index (κ3) is 3.52. The molecule has 0 aliphatic heterocycles. The Morgan fingerprint density at radius 1 is 1.32 bits per heavy atom. The largest absolute Gasteiger partial charge is 0.371 e. The summed E-state index contributed by atoms with van der Waals surface area (Å²) in [4.78, 5) is 3.76. The van der Waals surface area contributed by atoms with Crippen molar-refractivity contribution in [3.05, 3.63) is 51.7 Å². The Bertz CT molecular complexity index is 522. The molecule has 19 heavy (non-hydrogen) atoms. The Labute approximate surface area is 124 Å². The normalized spacial score (nSPS) is 12.4. The quantitative estimate of drug-likeness (QED) is 0.711. The first kappa shape index (κ1) is 14.4. The molecule has 1 aromatic carbocycles. The minimum Gasteiger partial charge on any atom is -0.371 e. The Balaban J connectivity index is 2.16. The zero-order valence-corrected chi connectivity index (χ0v) is 13.3. The molecular formula is C16H20ClNS. The summed E-state index contributed by atoms with van der Waals surface area (Å²) in [6, 6.07) is 11.3. The molecule has 0 bridgehead atoms. The number of anilines is 1. The van der Waals surface area contributed by atoms with E-state index >= 15 is 0 Å². The van der Waals surface area contributed by atoms with Crippen LogP contribution in [0.2, 0.25) is 0 Å². The van der Waals surface area contributed by atoms with Crippen molar-refractivity contribution in [3.8, 4) is 0 Å². The molecule has 1 aromatic heterocycles. The van der Waals surface area contributed by atoms with E-state index in [9.17, 15) is 0 Å². The van der Waals surface area contributed by atoms with Crippen LogP contribution < -0.4 is 4.90 Å². The molecule has 1 nitrogen and oxygen atoms in total. The summed E-state index contributed by atoms with van der Waals surface area (Å²) in [6.07, 6.45) is 1.07. The van der Waals surface area contributed by atoms with Crippen molar-refractivity contribution < 1.29 is 0 Å². The van der Waals surface area contributed by atoms with Crippen LogP contribution in [-0.2, 0) is 12.3 Å². The maximum Gasteiger partial charge on any atom is 0.0494 e. The van der Waals surface area contributed by atoms with Crippen LogP contribution in [0.3, 0.4) is 0 Å². The molecule has 0 saturated carbocycles. The highest BCUT2D eigenvalue weighted by molar-refractivity contribution is 7.09. The summed E-state index contributed by atoms with van der Waals surface area (Å²) in [5.41, 5.74) is 3.71. The smallest absolute Gasteiger partial charge is 0.0494 e. The second kappa shape index (κ2) is 6.44. The summed E-state index contributed by atoms with van der Waals surface area (Å²) in [5.74, 6) is 0.563. The van der Waals surface area contributed by atoms with E-state index in [-0.39, 0.29) is 0 Å². The maximum atomic E-state index is 6.07. The van der Waals surface area contributed by atoms with Crippen molar-refractivity contribution in [2.45, 2.75) is 32.2 Å². The molecule has 2 aromatic rings. The molecule has 0 N–H and O–H groups in total. The van der Waals surface area contributed by atoms with Crippen LogP contribution in [0.5, 0.6) is 0 Å². The molecule has 1 heterocycles. The Morgan fingerprint density at radius 2 is 2.11 bits per heavy atom. The first-order valence-electron chi connectivity index (χ1n) is 6.52. The van der Waals surface area contributed by atoms with Gasteiger partial charge in [-0.1, -0.05) is 23.8 Å². The zero-order chi connectivity index (χ0) is 13.8. The molecular weight excluding hydrogens is 274 g/mol. The molecule has 0 aliphatic rings. The third-order valence-corrected chi connectivity index (χ3v) is 4.68. The van der Waals surface area contributed by atoms with E-state index in [1.165, 1.54) is 21.7 Å². The number of rotatable bonds is 5. The van der Waals surface area contributed by atoms with Gasteiger partial charge in [0.25, 0.3) is 0 Å². The van der Waals surface area contributed by atoms with Gasteiger partial charge in [-0.05, 0) is 36.9 Å². The van der Waals surface area contributed by atoms with Crippen LogP contribution in [0.4, 0.5) is 5.69 Å². The summed E-state index contributed by atoms with van der Waals surface area (Å²) in [5, 5.41) is 2.14. The molecule has 0 amide bonds.